The summed E-state index contributed by atoms with van der Waals surface area (Å²) in [7, 11) is 0. The average Bonchev–Trinajstić information content (AvgIpc) is 2.79. The third-order valence-electron chi connectivity index (χ3n) is 6.07. The molecule has 0 atom stereocenters. The Morgan fingerprint density at radius 1 is 1.09 bits per heavy atom. The monoisotopic (exact) mass is 442 g/mol. The van der Waals surface area contributed by atoms with Gasteiger partial charge in [-0.15, -0.1) is 0 Å². The molecule has 3 heterocycles. The maximum Gasteiger partial charge on any atom is 0.268 e. The number of primary amides is 1. The highest BCUT2D eigenvalue weighted by Crippen LogP contribution is 2.23. The maximum absolute atomic E-state index is 13.3. The number of benzene rings is 1. The zero-order valence-electron chi connectivity index (χ0n) is 17.9. The summed E-state index contributed by atoms with van der Waals surface area (Å²) >= 11 is 0. The van der Waals surface area contributed by atoms with Crippen molar-refractivity contribution in [1.82, 2.24) is 14.4 Å². The van der Waals surface area contributed by atoms with E-state index in [4.69, 9.17) is 10.5 Å². The summed E-state index contributed by atoms with van der Waals surface area (Å²) in [5.41, 5.74) is 6.66. The normalized spacial score (nSPS) is 16.6. The lowest BCUT2D eigenvalue weighted by atomic mass is 9.95. The molecule has 170 valence electrons. The third kappa shape index (κ3) is 4.73. The molecule has 2 amide bonds. The van der Waals surface area contributed by atoms with Crippen LogP contribution in [-0.2, 0) is 22.5 Å². The van der Waals surface area contributed by atoms with Crippen LogP contribution in [0.3, 0.4) is 0 Å². The molecule has 2 aromatic rings. The van der Waals surface area contributed by atoms with E-state index >= 15 is 0 Å². The SMILES string of the molecule is NC(=O)c1c2c(cn(-c3ccc(F)cc3)c1=O)CN(C(=O)CCCN1CCOCC1)CC2. The Kier molecular flexibility index (Phi) is 6.66. The minimum atomic E-state index is -0.798. The van der Waals surface area contributed by atoms with E-state index in [0.717, 1.165) is 39.3 Å². The molecular formula is C23H27FN4O4. The average molecular weight is 442 g/mol. The zero-order chi connectivity index (χ0) is 22.7. The number of nitrogens with zero attached hydrogens (tertiary/aromatic N) is 3. The molecule has 9 heteroatoms. The molecule has 0 spiro atoms. The number of hydrogen-bond acceptors (Lipinski definition) is 5. The van der Waals surface area contributed by atoms with Gasteiger partial charge in [0.1, 0.15) is 11.4 Å². The van der Waals surface area contributed by atoms with Crippen LogP contribution in [0.5, 0.6) is 0 Å². The van der Waals surface area contributed by atoms with Crippen LogP contribution in [-0.4, -0.2) is 65.6 Å². The predicted molar refractivity (Wildman–Crippen MR) is 116 cm³/mol. The molecule has 2 aliphatic heterocycles. The van der Waals surface area contributed by atoms with Gasteiger partial charge in [0.15, 0.2) is 0 Å². The smallest absolute Gasteiger partial charge is 0.268 e. The van der Waals surface area contributed by atoms with Gasteiger partial charge < -0.3 is 15.4 Å². The van der Waals surface area contributed by atoms with Crippen LogP contribution >= 0.6 is 0 Å². The van der Waals surface area contributed by atoms with Crippen LogP contribution in [0.4, 0.5) is 4.39 Å². The summed E-state index contributed by atoms with van der Waals surface area (Å²) in [4.78, 5) is 41.9. The van der Waals surface area contributed by atoms with E-state index in [1.165, 1.54) is 28.8 Å². The highest BCUT2D eigenvalue weighted by atomic mass is 19.1. The van der Waals surface area contributed by atoms with Gasteiger partial charge in [0.2, 0.25) is 5.91 Å². The molecule has 2 aliphatic rings. The Bertz CT molecular complexity index is 1060. The van der Waals surface area contributed by atoms with Crippen molar-refractivity contribution in [3.05, 3.63) is 63.3 Å². The van der Waals surface area contributed by atoms with Gasteiger partial charge in [0.05, 0.1) is 13.2 Å². The quantitative estimate of drug-likeness (QED) is 0.722. The summed E-state index contributed by atoms with van der Waals surface area (Å²) < 4.78 is 20.0. The van der Waals surface area contributed by atoms with E-state index in [-0.39, 0.29) is 11.5 Å². The van der Waals surface area contributed by atoms with E-state index in [1.807, 2.05) is 0 Å². The lowest BCUT2D eigenvalue weighted by Crippen LogP contribution is -2.41. The summed E-state index contributed by atoms with van der Waals surface area (Å²) in [5, 5.41) is 0. The minimum Gasteiger partial charge on any atom is -0.379 e. The zero-order valence-corrected chi connectivity index (χ0v) is 17.9. The number of pyridine rings is 1. The topological polar surface area (TPSA) is 97.9 Å². The second-order valence-corrected chi connectivity index (χ2v) is 8.15. The lowest BCUT2D eigenvalue weighted by Gasteiger charge is -2.31. The van der Waals surface area contributed by atoms with Gasteiger partial charge in [-0.1, -0.05) is 0 Å². The van der Waals surface area contributed by atoms with E-state index in [9.17, 15) is 18.8 Å². The minimum absolute atomic E-state index is 0.0454. The third-order valence-corrected chi connectivity index (χ3v) is 6.07. The number of fused-ring (bicyclic) bond motifs is 1. The number of halogens is 1. The number of carbonyl (C=O) groups excluding carboxylic acids is 2. The summed E-state index contributed by atoms with van der Waals surface area (Å²) in [6.45, 7) is 4.83. The Labute approximate surface area is 185 Å². The fourth-order valence-corrected chi connectivity index (χ4v) is 4.35. The number of nitrogens with two attached hydrogens (primary N) is 1. The Morgan fingerprint density at radius 3 is 2.50 bits per heavy atom. The molecule has 0 aliphatic carbocycles. The number of hydrogen-bond donors (Lipinski definition) is 1. The number of rotatable bonds is 6. The Morgan fingerprint density at radius 2 is 1.81 bits per heavy atom. The van der Waals surface area contributed by atoms with Gasteiger partial charge in [-0.3, -0.25) is 23.9 Å². The molecule has 8 nitrogen and oxygen atoms in total. The number of ether oxygens (including phenoxy) is 1. The number of amides is 2. The van der Waals surface area contributed by atoms with E-state index in [0.29, 0.717) is 42.7 Å². The molecule has 0 unspecified atom stereocenters. The van der Waals surface area contributed by atoms with Crippen LogP contribution in [0.25, 0.3) is 5.69 Å². The van der Waals surface area contributed by atoms with Crippen LogP contribution in [0.1, 0.15) is 34.3 Å². The standard InChI is InChI=1S/C23H27FN4O4/c24-17-3-5-18(6-4-17)28-15-16-14-27(9-7-19(16)21(22(25)30)23(28)31)20(29)2-1-8-26-10-12-32-13-11-26/h3-6,15H,1-2,7-14H2,(H2,25,30). The van der Waals surface area contributed by atoms with Gasteiger partial charge in [0.25, 0.3) is 11.5 Å². The number of aromatic nitrogens is 1. The summed E-state index contributed by atoms with van der Waals surface area (Å²) in [6, 6.07) is 5.42. The molecule has 2 N–H and O–H groups in total. The van der Waals surface area contributed by atoms with Gasteiger partial charge in [-0.05, 0) is 54.8 Å². The van der Waals surface area contributed by atoms with Crippen molar-refractivity contribution in [2.24, 2.45) is 5.73 Å². The highest BCUT2D eigenvalue weighted by molar-refractivity contribution is 5.94. The highest BCUT2D eigenvalue weighted by Gasteiger charge is 2.27. The number of carbonyl (C=O) groups is 2. The molecule has 1 saturated heterocycles. The molecule has 0 radical (unpaired) electrons. The van der Waals surface area contributed by atoms with Gasteiger partial charge >= 0.3 is 0 Å². The van der Waals surface area contributed by atoms with E-state index < -0.39 is 17.3 Å². The van der Waals surface area contributed by atoms with Crippen molar-refractivity contribution in [3.63, 3.8) is 0 Å². The fraction of sp³-hybridized carbons (Fsp3) is 0.435. The van der Waals surface area contributed by atoms with Crippen LogP contribution in [0.2, 0.25) is 0 Å². The van der Waals surface area contributed by atoms with Crippen molar-refractivity contribution in [1.29, 1.82) is 0 Å². The second-order valence-electron chi connectivity index (χ2n) is 8.15. The van der Waals surface area contributed by atoms with Crippen LogP contribution in [0.15, 0.2) is 35.3 Å². The van der Waals surface area contributed by atoms with Crippen molar-refractivity contribution >= 4 is 11.8 Å². The molecule has 1 fully saturated rings. The van der Waals surface area contributed by atoms with Gasteiger partial charge in [0, 0.05) is 44.5 Å². The molecule has 4 rings (SSSR count). The van der Waals surface area contributed by atoms with E-state index in [1.54, 1.807) is 11.1 Å². The van der Waals surface area contributed by atoms with Crippen molar-refractivity contribution in [2.45, 2.75) is 25.8 Å². The lowest BCUT2D eigenvalue weighted by molar-refractivity contribution is -0.132. The largest absolute Gasteiger partial charge is 0.379 e. The molecular weight excluding hydrogens is 415 g/mol. The molecule has 0 saturated carbocycles. The molecule has 1 aromatic carbocycles. The molecule has 0 bridgehead atoms. The van der Waals surface area contributed by atoms with Gasteiger partial charge in [-0.2, -0.15) is 0 Å². The summed E-state index contributed by atoms with van der Waals surface area (Å²) in [5.74, 6) is -1.18. The van der Waals surface area contributed by atoms with Crippen molar-refractivity contribution < 1.29 is 18.7 Å². The first-order chi connectivity index (χ1) is 15.4. The molecule has 1 aromatic heterocycles. The summed E-state index contributed by atoms with van der Waals surface area (Å²) in [6.07, 6.45) is 3.23. The first-order valence-corrected chi connectivity index (χ1v) is 10.8. The first-order valence-electron chi connectivity index (χ1n) is 10.8. The predicted octanol–water partition coefficient (Wildman–Crippen LogP) is 1.07. The molecule has 32 heavy (non-hydrogen) atoms. The van der Waals surface area contributed by atoms with E-state index in [2.05, 4.69) is 4.90 Å². The Balaban J connectivity index is 1.52. The van der Waals surface area contributed by atoms with Crippen molar-refractivity contribution in [2.75, 3.05) is 39.4 Å². The maximum atomic E-state index is 13.3. The Hall–Kier alpha value is -3.04. The van der Waals surface area contributed by atoms with Crippen LogP contribution < -0.4 is 11.3 Å². The van der Waals surface area contributed by atoms with Crippen LogP contribution in [0, 0.1) is 5.82 Å². The first kappa shape index (κ1) is 22.2. The van der Waals surface area contributed by atoms with Gasteiger partial charge in [-0.25, -0.2) is 4.39 Å². The van der Waals surface area contributed by atoms with Crippen molar-refractivity contribution in [3.8, 4) is 5.69 Å². The second kappa shape index (κ2) is 9.62. The fourth-order valence-electron chi connectivity index (χ4n) is 4.35. The number of morpholine rings is 1.